The van der Waals surface area contributed by atoms with E-state index in [0.717, 1.165) is 54.0 Å². The zero-order chi connectivity index (χ0) is 31.3. The van der Waals surface area contributed by atoms with Crippen LogP contribution in [0.1, 0.15) is 42.3 Å². The number of aromatic nitrogens is 3. The highest BCUT2D eigenvalue weighted by atomic mass is 32.2. The molecule has 2 atom stereocenters. The van der Waals surface area contributed by atoms with Crippen molar-refractivity contribution in [2.24, 2.45) is 0 Å². The number of fused-ring (bicyclic) bond motifs is 3. The Kier molecular flexibility index (Phi) is 8.44. The molecule has 0 saturated carbocycles. The van der Waals surface area contributed by atoms with E-state index in [4.69, 9.17) is 14.7 Å². The van der Waals surface area contributed by atoms with E-state index >= 15 is 0 Å². The standard InChI is InChI=1S/C31H29F3N6O4S.FH.H2/c32-21-5-8-39(17-21)23-10-18-2-1-7-40(30(18)36-16-23)28-4-3-19-14-35-22(13-25(19)38-28)15-37-31(41)20-11-24(33)29-26(12-20)45(42,43)27(34)6-9-44-29;;/h3-4,10-14,16,21,27H,1-2,5-9,15,17H2,(H,37,41);2*1H/t21-,27+;;/m0../s1. The summed E-state index contributed by atoms with van der Waals surface area (Å²) in [7, 11) is -4.52. The van der Waals surface area contributed by atoms with Crippen LogP contribution in [0.25, 0.3) is 10.9 Å². The van der Waals surface area contributed by atoms with E-state index in [0.29, 0.717) is 36.5 Å². The molecule has 244 valence electrons. The van der Waals surface area contributed by atoms with Crippen LogP contribution in [0.15, 0.2) is 53.7 Å². The monoisotopic (exact) mass is 660 g/mol. The van der Waals surface area contributed by atoms with E-state index in [1.165, 1.54) is 0 Å². The number of carbonyl (C=O) groups is 1. The summed E-state index contributed by atoms with van der Waals surface area (Å²) in [5, 5.41) is 3.40. The van der Waals surface area contributed by atoms with Crippen LogP contribution in [-0.2, 0) is 22.8 Å². The fourth-order valence-electron chi connectivity index (χ4n) is 5.96. The lowest BCUT2D eigenvalue weighted by Gasteiger charge is -2.30. The van der Waals surface area contributed by atoms with Gasteiger partial charge in [-0.25, -0.2) is 31.6 Å². The van der Waals surface area contributed by atoms with E-state index < -0.39 is 50.3 Å². The number of nitrogens with one attached hydrogen (secondary N) is 1. The van der Waals surface area contributed by atoms with Crippen LogP contribution in [0.4, 0.5) is 35.2 Å². The lowest BCUT2D eigenvalue weighted by atomic mass is 10.0. The second kappa shape index (κ2) is 12.3. The molecule has 0 unspecified atom stereocenters. The van der Waals surface area contributed by atoms with Gasteiger partial charge in [-0.05, 0) is 61.2 Å². The topological polar surface area (TPSA) is 118 Å². The van der Waals surface area contributed by atoms with Gasteiger partial charge in [0, 0.05) is 44.6 Å². The number of rotatable bonds is 5. The molecule has 15 heteroatoms. The summed E-state index contributed by atoms with van der Waals surface area (Å²) in [4.78, 5) is 30.3. The minimum Gasteiger partial charge on any atom is -0.489 e. The van der Waals surface area contributed by atoms with E-state index in [2.05, 4.69) is 21.3 Å². The number of hydrogen-bond donors (Lipinski definition) is 1. The first-order valence-corrected chi connectivity index (χ1v) is 16.3. The first kappa shape index (κ1) is 31.5. The van der Waals surface area contributed by atoms with Gasteiger partial charge in [-0.3, -0.25) is 14.5 Å². The maximum absolute atomic E-state index is 14.7. The summed E-state index contributed by atoms with van der Waals surface area (Å²) in [6.45, 7) is 1.43. The molecule has 0 radical (unpaired) electrons. The van der Waals surface area contributed by atoms with Gasteiger partial charge in [-0.2, -0.15) is 0 Å². The average molecular weight is 661 g/mol. The third-order valence-electron chi connectivity index (χ3n) is 8.34. The molecule has 1 fully saturated rings. The minimum atomic E-state index is -4.52. The third kappa shape index (κ3) is 5.79. The number of ether oxygens (including phenoxy) is 1. The lowest BCUT2D eigenvalue weighted by Crippen LogP contribution is -2.27. The van der Waals surface area contributed by atoms with Gasteiger partial charge in [0.15, 0.2) is 11.6 Å². The van der Waals surface area contributed by atoms with Crippen molar-refractivity contribution >= 4 is 44.0 Å². The SMILES string of the molecule is F.O=C(NCc1cc2nc(N3CCCc4cc(N5CC[C@H](F)C5)cnc43)ccc2cn1)c1cc(F)c2c(c1)S(=O)(=O)[C@@H](F)CCO2.[HH]. The van der Waals surface area contributed by atoms with Crippen LogP contribution in [0, 0.1) is 5.82 Å². The fraction of sp³-hybridized carbons (Fsp3) is 0.355. The molecule has 1 saturated heterocycles. The Morgan fingerprint density at radius 2 is 1.93 bits per heavy atom. The van der Waals surface area contributed by atoms with Gasteiger partial charge in [0.05, 0.1) is 36.2 Å². The first-order chi connectivity index (χ1) is 21.7. The van der Waals surface area contributed by atoms with Crippen LogP contribution in [0.5, 0.6) is 5.75 Å². The van der Waals surface area contributed by atoms with Gasteiger partial charge in [0.1, 0.15) is 22.7 Å². The van der Waals surface area contributed by atoms with Crippen molar-refractivity contribution in [1.29, 1.82) is 0 Å². The van der Waals surface area contributed by atoms with Crippen molar-refractivity contribution in [3.8, 4) is 5.75 Å². The number of benzene rings is 1. The average Bonchev–Trinajstić information content (AvgIpc) is 3.44. The van der Waals surface area contributed by atoms with E-state index in [1.54, 1.807) is 18.5 Å². The smallest absolute Gasteiger partial charge is 0.251 e. The molecule has 4 aromatic rings. The van der Waals surface area contributed by atoms with Crippen LogP contribution < -0.4 is 19.9 Å². The van der Waals surface area contributed by atoms with Gasteiger partial charge in [0.25, 0.3) is 5.91 Å². The molecule has 0 spiro atoms. The molecule has 1 amide bonds. The summed E-state index contributed by atoms with van der Waals surface area (Å²) in [6.07, 6.45) is 4.45. The Morgan fingerprint density at radius 1 is 1.09 bits per heavy atom. The van der Waals surface area contributed by atoms with E-state index in [9.17, 15) is 26.4 Å². The van der Waals surface area contributed by atoms with Crippen molar-refractivity contribution < 1.29 is 37.3 Å². The van der Waals surface area contributed by atoms with E-state index in [1.807, 2.05) is 17.0 Å². The number of nitrogens with zero attached hydrogens (tertiary/aromatic N) is 5. The van der Waals surface area contributed by atoms with Crippen molar-refractivity contribution in [3.63, 3.8) is 0 Å². The molecule has 1 N–H and O–H groups in total. The highest BCUT2D eigenvalue weighted by Gasteiger charge is 2.35. The molecule has 3 aliphatic heterocycles. The summed E-state index contributed by atoms with van der Waals surface area (Å²) in [5.41, 5.74) is 0.556. The summed E-state index contributed by atoms with van der Waals surface area (Å²) in [5.74, 6) is -0.899. The van der Waals surface area contributed by atoms with Gasteiger partial charge >= 0.3 is 0 Å². The molecule has 3 aromatic heterocycles. The zero-order valence-corrected chi connectivity index (χ0v) is 25.3. The molecular formula is C31H32F4N6O4S. The fourth-order valence-corrected chi connectivity index (χ4v) is 7.35. The Balaban J connectivity index is 0.00000217. The Hall–Kier alpha value is -4.53. The van der Waals surface area contributed by atoms with Gasteiger partial charge in [0.2, 0.25) is 15.3 Å². The van der Waals surface area contributed by atoms with Gasteiger partial charge < -0.3 is 19.9 Å². The van der Waals surface area contributed by atoms with Crippen molar-refractivity contribution in [1.82, 2.24) is 20.3 Å². The predicted molar refractivity (Wildman–Crippen MR) is 165 cm³/mol. The second-order valence-electron chi connectivity index (χ2n) is 11.4. The molecule has 0 bridgehead atoms. The molecule has 46 heavy (non-hydrogen) atoms. The highest BCUT2D eigenvalue weighted by molar-refractivity contribution is 7.92. The number of anilines is 3. The van der Waals surface area contributed by atoms with Gasteiger partial charge in [-0.15, -0.1) is 0 Å². The quantitative estimate of drug-likeness (QED) is 0.296. The van der Waals surface area contributed by atoms with Crippen molar-refractivity contribution in [3.05, 3.63) is 71.4 Å². The van der Waals surface area contributed by atoms with E-state index in [-0.39, 0.29) is 24.8 Å². The van der Waals surface area contributed by atoms with Crippen molar-refractivity contribution in [2.75, 3.05) is 36.0 Å². The van der Waals surface area contributed by atoms with Crippen LogP contribution in [0.2, 0.25) is 0 Å². The lowest BCUT2D eigenvalue weighted by molar-refractivity contribution is 0.0949. The minimum absolute atomic E-state index is 0. The molecular weight excluding hydrogens is 628 g/mol. The maximum Gasteiger partial charge on any atom is 0.251 e. The van der Waals surface area contributed by atoms with Crippen LogP contribution in [0.3, 0.4) is 0 Å². The Morgan fingerprint density at radius 3 is 2.74 bits per heavy atom. The molecule has 7 rings (SSSR count). The molecule has 6 heterocycles. The molecule has 0 aliphatic carbocycles. The largest absolute Gasteiger partial charge is 0.489 e. The van der Waals surface area contributed by atoms with Crippen molar-refractivity contribution in [2.45, 2.75) is 48.8 Å². The number of sulfone groups is 1. The normalized spacial score (nSPS) is 20.2. The maximum atomic E-state index is 14.7. The molecule has 3 aliphatic rings. The number of pyridine rings is 3. The highest BCUT2D eigenvalue weighted by Crippen LogP contribution is 2.36. The number of carbonyl (C=O) groups excluding carboxylic acids is 1. The number of alkyl halides is 2. The Bertz CT molecular complexity index is 1940. The summed E-state index contributed by atoms with van der Waals surface area (Å²) in [6, 6.07) is 9.41. The number of amides is 1. The zero-order valence-electron chi connectivity index (χ0n) is 24.5. The first-order valence-electron chi connectivity index (χ1n) is 14.7. The predicted octanol–water partition coefficient (Wildman–Crippen LogP) is 4.98. The molecule has 10 nitrogen and oxygen atoms in total. The second-order valence-corrected chi connectivity index (χ2v) is 13.4. The number of aryl methyl sites for hydroxylation is 1. The summed E-state index contributed by atoms with van der Waals surface area (Å²) < 4.78 is 73.0. The third-order valence-corrected chi connectivity index (χ3v) is 10.2. The number of halogens is 4. The summed E-state index contributed by atoms with van der Waals surface area (Å²) >= 11 is 0. The van der Waals surface area contributed by atoms with Crippen LogP contribution >= 0.6 is 0 Å². The Labute approximate surface area is 263 Å². The number of hydrogen-bond acceptors (Lipinski definition) is 9. The molecule has 1 aromatic carbocycles. The van der Waals surface area contributed by atoms with Crippen LogP contribution in [-0.4, -0.2) is 67.2 Å². The van der Waals surface area contributed by atoms with Gasteiger partial charge in [-0.1, -0.05) is 0 Å².